The van der Waals surface area contributed by atoms with Gasteiger partial charge in [-0.1, -0.05) is 6.92 Å². The van der Waals surface area contributed by atoms with Crippen LogP contribution in [-0.2, 0) is 11.2 Å². The standard InChI is InChI=1S/C12H19N3OS/c1-8-3-4-9(2)15(6-8)11(16)5-10-7-17-12(13)14-10/h7-9H,3-6H2,1-2H3,(H2,13,14). The van der Waals surface area contributed by atoms with E-state index in [1.165, 1.54) is 17.8 Å². The number of carbonyl (C=O) groups excluding carboxylic acids is 1. The highest BCUT2D eigenvalue weighted by atomic mass is 32.1. The highest BCUT2D eigenvalue weighted by Gasteiger charge is 2.27. The van der Waals surface area contributed by atoms with Crippen molar-refractivity contribution in [3.63, 3.8) is 0 Å². The largest absolute Gasteiger partial charge is 0.375 e. The third kappa shape index (κ3) is 2.97. The molecule has 2 rings (SSSR count). The van der Waals surface area contributed by atoms with Crippen molar-refractivity contribution in [2.45, 2.75) is 39.2 Å². The van der Waals surface area contributed by atoms with Gasteiger partial charge in [0.15, 0.2) is 5.13 Å². The Balaban J connectivity index is 1.99. The Hall–Kier alpha value is -1.10. The number of hydrogen-bond donors (Lipinski definition) is 1. The fraction of sp³-hybridized carbons (Fsp3) is 0.667. The molecule has 1 aromatic heterocycles. The molecule has 1 saturated heterocycles. The average Bonchev–Trinajstić information content (AvgIpc) is 2.67. The molecule has 1 aromatic rings. The maximum absolute atomic E-state index is 12.2. The van der Waals surface area contributed by atoms with Crippen LogP contribution in [-0.4, -0.2) is 28.4 Å². The number of thiazole rings is 1. The molecule has 4 nitrogen and oxygen atoms in total. The number of nitrogens with zero attached hydrogens (tertiary/aromatic N) is 2. The SMILES string of the molecule is CC1CCC(C)N(C(=O)Cc2csc(N)n2)C1. The van der Waals surface area contributed by atoms with Gasteiger partial charge in [0.2, 0.25) is 5.91 Å². The highest BCUT2D eigenvalue weighted by molar-refractivity contribution is 7.13. The minimum absolute atomic E-state index is 0.175. The van der Waals surface area contributed by atoms with Crippen molar-refractivity contribution in [3.8, 4) is 0 Å². The number of piperidine rings is 1. The van der Waals surface area contributed by atoms with Crippen LogP contribution in [0.1, 0.15) is 32.4 Å². The first kappa shape index (κ1) is 12.4. The molecule has 1 aliphatic heterocycles. The Labute approximate surface area is 106 Å². The van der Waals surface area contributed by atoms with Crippen LogP contribution in [0.5, 0.6) is 0 Å². The summed E-state index contributed by atoms with van der Waals surface area (Å²) in [4.78, 5) is 18.3. The van der Waals surface area contributed by atoms with Gasteiger partial charge in [-0.15, -0.1) is 11.3 Å². The molecule has 1 fully saturated rings. The van der Waals surface area contributed by atoms with Crippen LogP contribution in [0.15, 0.2) is 5.38 Å². The molecule has 2 unspecified atom stereocenters. The lowest BCUT2D eigenvalue weighted by atomic mass is 9.95. The summed E-state index contributed by atoms with van der Waals surface area (Å²) in [5.41, 5.74) is 6.36. The predicted octanol–water partition coefficient (Wildman–Crippen LogP) is 1.91. The van der Waals surface area contributed by atoms with E-state index in [0.29, 0.717) is 23.5 Å². The van der Waals surface area contributed by atoms with E-state index < -0.39 is 0 Å². The number of carbonyl (C=O) groups is 1. The smallest absolute Gasteiger partial charge is 0.228 e. The Morgan fingerprint density at radius 3 is 3.00 bits per heavy atom. The number of anilines is 1. The van der Waals surface area contributed by atoms with Crippen LogP contribution in [0.25, 0.3) is 0 Å². The van der Waals surface area contributed by atoms with Gasteiger partial charge in [-0.25, -0.2) is 4.98 Å². The number of rotatable bonds is 2. The zero-order chi connectivity index (χ0) is 12.4. The minimum atomic E-state index is 0.175. The van der Waals surface area contributed by atoms with Crippen molar-refractivity contribution in [2.75, 3.05) is 12.3 Å². The quantitative estimate of drug-likeness (QED) is 0.876. The van der Waals surface area contributed by atoms with Gasteiger partial charge in [0.05, 0.1) is 12.1 Å². The minimum Gasteiger partial charge on any atom is -0.375 e. The first-order chi connectivity index (χ1) is 8.06. The van der Waals surface area contributed by atoms with Crippen LogP contribution in [0.2, 0.25) is 0 Å². The second-order valence-electron chi connectivity index (χ2n) is 4.93. The number of aromatic nitrogens is 1. The molecule has 17 heavy (non-hydrogen) atoms. The van der Waals surface area contributed by atoms with Crippen molar-refractivity contribution in [3.05, 3.63) is 11.1 Å². The summed E-state index contributed by atoms with van der Waals surface area (Å²) < 4.78 is 0. The zero-order valence-corrected chi connectivity index (χ0v) is 11.2. The average molecular weight is 253 g/mol. The molecule has 5 heteroatoms. The lowest BCUT2D eigenvalue weighted by Gasteiger charge is -2.36. The summed E-state index contributed by atoms with van der Waals surface area (Å²) in [6.45, 7) is 5.20. The second kappa shape index (κ2) is 5.04. The molecule has 94 valence electrons. The topological polar surface area (TPSA) is 59.2 Å². The molecule has 1 aliphatic rings. The number of nitrogen functional groups attached to an aromatic ring is 1. The lowest BCUT2D eigenvalue weighted by molar-refractivity contribution is -0.134. The fourth-order valence-electron chi connectivity index (χ4n) is 2.30. The highest BCUT2D eigenvalue weighted by Crippen LogP contribution is 2.22. The van der Waals surface area contributed by atoms with Crippen molar-refractivity contribution < 1.29 is 4.79 Å². The molecule has 0 bridgehead atoms. The van der Waals surface area contributed by atoms with Crippen molar-refractivity contribution >= 4 is 22.4 Å². The molecule has 2 heterocycles. The second-order valence-corrected chi connectivity index (χ2v) is 5.82. The summed E-state index contributed by atoms with van der Waals surface area (Å²) in [6.07, 6.45) is 2.70. The fourth-order valence-corrected chi connectivity index (χ4v) is 2.86. The van der Waals surface area contributed by atoms with Crippen LogP contribution in [0, 0.1) is 5.92 Å². The molecule has 2 atom stereocenters. The van der Waals surface area contributed by atoms with Crippen molar-refractivity contribution in [2.24, 2.45) is 5.92 Å². The van der Waals surface area contributed by atoms with Gasteiger partial charge in [0.25, 0.3) is 0 Å². The van der Waals surface area contributed by atoms with Gasteiger partial charge in [-0.3, -0.25) is 4.79 Å². The van der Waals surface area contributed by atoms with E-state index >= 15 is 0 Å². The first-order valence-corrected chi connectivity index (χ1v) is 6.93. The van der Waals surface area contributed by atoms with Crippen molar-refractivity contribution in [1.82, 2.24) is 9.88 Å². The van der Waals surface area contributed by atoms with E-state index in [9.17, 15) is 4.79 Å². The monoisotopic (exact) mass is 253 g/mol. The van der Waals surface area contributed by atoms with Gasteiger partial charge in [-0.2, -0.15) is 0 Å². The lowest BCUT2D eigenvalue weighted by Crippen LogP contribution is -2.45. The van der Waals surface area contributed by atoms with Crippen LogP contribution in [0.4, 0.5) is 5.13 Å². The van der Waals surface area contributed by atoms with Crippen molar-refractivity contribution in [1.29, 1.82) is 0 Å². The number of hydrogen-bond acceptors (Lipinski definition) is 4. The molecule has 0 radical (unpaired) electrons. The molecular formula is C12H19N3OS. The maximum Gasteiger partial charge on any atom is 0.228 e. The van der Waals surface area contributed by atoms with E-state index in [-0.39, 0.29) is 5.91 Å². The van der Waals surface area contributed by atoms with Gasteiger partial charge in [0.1, 0.15) is 0 Å². The van der Waals surface area contributed by atoms with Gasteiger partial charge in [-0.05, 0) is 25.7 Å². The van der Waals surface area contributed by atoms with E-state index in [2.05, 4.69) is 18.8 Å². The summed E-state index contributed by atoms with van der Waals surface area (Å²) >= 11 is 1.39. The van der Waals surface area contributed by atoms with E-state index in [0.717, 1.165) is 18.7 Å². The van der Waals surface area contributed by atoms with Gasteiger partial charge in [0, 0.05) is 18.0 Å². The zero-order valence-electron chi connectivity index (χ0n) is 10.3. The molecule has 0 spiro atoms. The van der Waals surface area contributed by atoms with E-state index in [4.69, 9.17) is 5.73 Å². The summed E-state index contributed by atoms with van der Waals surface area (Å²) in [5, 5.41) is 2.40. The Morgan fingerprint density at radius 2 is 2.35 bits per heavy atom. The van der Waals surface area contributed by atoms with Crippen LogP contribution in [0.3, 0.4) is 0 Å². The van der Waals surface area contributed by atoms with Crippen LogP contribution >= 0.6 is 11.3 Å². The molecule has 1 amide bonds. The van der Waals surface area contributed by atoms with Gasteiger partial charge < -0.3 is 10.6 Å². The maximum atomic E-state index is 12.2. The summed E-state index contributed by atoms with van der Waals surface area (Å²) in [5.74, 6) is 0.782. The summed E-state index contributed by atoms with van der Waals surface area (Å²) in [6, 6.07) is 0.356. The molecular weight excluding hydrogens is 234 g/mol. The molecule has 0 saturated carbocycles. The molecule has 2 N–H and O–H groups in total. The normalized spacial score (nSPS) is 24.9. The number of nitrogens with two attached hydrogens (primary N) is 1. The number of likely N-dealkylation sites (tertiary alicyclic amines) is 1. The Morgan fingerprint density at radius 1 is 1.59 bits per heavy atom. The Kier molecular flexibility index (Phi) is 3.66. The van der Waals surface area contributed by atoms with Gasteiger partial charge >= 0.3 is 0 Å². The Bertz CT molecular complexity index is 404. The number of amides is 1. The van der Waals surface area contributed by atoms with E-state index in [1.807, 2.05) is 10.3 Å². The van der Waals surface area contributed by atoms with E-state index in [1.54, 1.807) is 0 Å². The predicted molar refractivity (Wildman–Crippen MR) is 69.8 cm³/mol. The van der Waals surface area contributed by atoms with Crippen LogP contribution < -0.4 is 5.73 Å². The molecule has 0 aliphatic carbocycles. The third-order valence-corrected chi connectivity index (χ3v) is 4.06. The molecule has 0 aromatic carbocycles. The first-order valence-electron chi connectivity index (χ1n) is 6.05. The third-order valence-electron chi connectivity index (χ3n) is 3.34. The summed E-state index contributed by atoms with van der Waals surface area (Å²) in [7, 11) is 0.